The molecule has 1 N–H and O–H groups in total. The Labute approximate surface area is 173 Å². The lowest BCUT2D eigenvalue weighted by Crippen LogP contribution is -2.43. The van der Waals surface area contributed by atoms with Crippen molar-refractivity contribution in [2.24, 2.45) is 0 Å². The monoisotopic (exact) mass is 418 g/mol. The second-order valence-electron chi connectivity index (χ2n) is 7.01. The minimum Gasteiger partial charge on any atom is -0.494 e. The highest BCUT2D eigenvalue weighted by atomic mass is 32.2. The highest BCUT2D eigenvalue weighted by Gasteiger charge is 2.27. The zero-order chi connectivity index (χ0) is 21.4. The van der Waals surface area contributed by atoms with Gasteiger partial charge in [-0.2, -0.15) is 0 Å². The van der Waals surface area contributed by atoms with Crippen LogP contribution in [-0.4, -0.2) is 33.5 Å². The fraction of sp³-hybridized carbons (Fsp3) is 0.409. The molecule has 0 heterocycles. The van der Waals surface area contributed by atoms with Crippen LogP contribution in [-0.2, 0) is 14.8 Å². The van der Waals surface area contributed by atoms with Gasteiger partial charge < -0.3 is 10.1 Å². The maximum atomic E-state index is 13.3. The first-order valence-corrected chi connectivity index (χ1v) is 11.3. The molecule has 0 aliphatic rings. The van der Waals surface area contributed by atoms with E-state index < -0.39 is 10.0 Å². The summed E-state index contributed by atoms with van der Waals surface area (Å²) < 4.78 is 33.2. The van der Waals surface area contributed by atoms with Crippen LogP contribution in [0.5, 0.6) is 5.75 Å². The van der Waals surface area contributed by atoms with Gasteiger partial charge in [0.2, 0.25) is 5.91 Å². The van der Waals surface area contributed by atoms with E-state index >= 15 is 0 Å². The van der Waals surface area contributed by atoms with Gasteiger partial charge in [0.05, 0.1) is 17.2 Å². The van der Waals surface area contributed by atoms with Gasteiger partial charge in [-0.25, -0.2) is 8.42 Å². The van der Waals surface area contributed by atoms with E-state index in [-0.39, 0.29) is 23.4 Å². The second kappa shape index (κ2) is 10.3. The van der Waals surface area contributed by atoms with Crippen molar-refractivity contribution in [3.8, 4) is 5.75 Å². The molecule has 0 saturated heterocycles. The number of aryl methyl sites for hydroxylation is 1. The fourth-order valence-electron chi connectivity index (χ4n) is 2.98. The summed E-state index contributed by atoms with van der Waals surface area (Å²) in [7, 11) is -3.92. The SMILES string of the molecule is CCCC(C)NC(=O)CN(c1ccc(C)cc1)S(=O)(=O)c1ccc(OCC)cc1. The number of sulfonamides is 1. The van der Waals surface area contributed by atoms with Gasteiger partial charge >= 0.3 is 0 Å². The quantitative estimate of drug-likeness (QED) is 0.635. The third-order valence-corrected chi connectivity index (χ3v) is 6.25. The van der Waals surface area contributed by atoms with Crippen LogP contribution in [0.4, 0.5) is 5.69 Å². The number of amides is 1. The Hall–Kier alpha value is -2.54. The molecule has 29 heavy (non-hydrogen) atoms. The highest BCUT2D eigenvalue weighted by Crippen LogP contribution is 2.25. The minimum atomic E-state index is -3.92. The van der Waals surface area contributed by atoms with Crippen molar-refractivity contribution in [1.82, 2.24) is 5.32 Å². The summed E-state index contributed by atoms with van der Waals surface area (Å²) in [4.78, 5) is 12.7. The molecule has 1 atom stereocenters. The van der Waals surface area contributed by atoms with Crippen LogP contribution in [0.3, 0.4) is 0 Å². The Morgan fingerprint density at radius 2 is 1.69 bits per heavy atom. The summed E-state index contributed by atoms with van der Waals surface area (Å²) in [5.41, 5.74) is 1.45. The molecule has 7 heteroatoms. The number of nitrogens with zero attached hydrogens (tertiary/aromatic N) is 1. The first-order chi connectivity index (χ1) is 13.8. The molecular formula is C22H30N2O4S. The lowest BCUT2D eigenvalue weighted by atomic mass is 10.2. The molecule has 0 bridgehead atoms. The lowest BCUT2D eigenvalue weighted by Gasteiger charge is -2.25. The Balaban J connectivity index is 2.35. The maximum absolute atomic E-state index is 13.3. The molecule has 0 saturated carbocycles. The van der Waals surface area contributed by atoms with Crippen molar-refractivity contribution in [2.75, 3.05) is 17.5 Å². The molecule has 0 aliphatic heterocycles. The van der Waals surface area contributed by atoms with E-state index in [0.29, 0.717) is 18.0 Å². The summed E-state index contributed by atoms with van der Waals surface area (Å²) in [5, 5.41) is 2.88. The second-order valence-corrected chi connectivity index (χ2v) is 8.87. The van der Waals surface area contributed by atoms with E-state index in [1.807, 2.05) is 39.8 Å². The molecule has 1 unspecified atom stereocenters. The molecule has 1 amide bonds. The molecule has 2 aromatic rings. The van der Waals surface area contributed by atoms with Crippen molar-refractivity contribution < 1.29 is 17.9 Å². The molecule has 0 fully saturated rings. The van der Waals surface area contributed by atoms with Gasteiger partial charge in [-0.05, 0) is 63.6 Å². The van der Waals surface area contributed by atoms with Gasteiger partial charge in [-0.3, -0.25) is 9.10 Å². The zero-order valence-corrected chi connectivity index (χ0v) is 18.3. The lowest BCUT2D eigenvalue weighted by molar-refractivity contribution is -0.120. The van der Waals surface area contributed by atoms with Crippen molar-refractivity contribution >= 4 is 21.6 Å². The molecule has 0 radical (unpaired) electrons. The van der Waals surface area contributed by atoms with E-state index in [4.69, 9.17) is 4.74 Å². The van der Waals surface area contributed by atoms with Crippen LogP contribution in [0, 0.1) is 6.92 Å². The van der Waals surface area contributed by atoms with Crippen LogP contribution in [0.2, 0.25) is 0 Å². The summed E-state index contributed by atoms with van der Waals surface area (Å²) in [6.07, 6.45) is 1.77. The summed E-state index contributed by atoms with van der Waals surface area (Å²) in [6, 6.07) is 13.3. The van der Waals surface area contributed by atoms with Gasteiger partial charge in [0.1, 0.15) is 12.3 Å². The van der Waals surface area contributed by atoms with Crippen molar-refractivity contribution in [3.63, 3.8) is 0 Å². The third-order valence-electron chi connectivity index (χ3n) is 4.46. The molecule has 0 aliphatic carbocycles. The number of carbonyl (C=O) groups is 1. The Morgan fingerprint density at radius 1 is 1.07 bits per heavy atom. The topological polar surface area (TPSA) is 75.7 Å². The predicted octanol–water partition coefficient (Wildman–Crippen LogP) is 3.89. The van der Waals surface area contributed by atoms with E-state index in [1.165, 1.54) is 12.1 Å². The van der Waals surface area contributed by atoms with Gasteiger partial charge in [0.25, 0.3) is 10.0 Å². The highest BCUT2D eigenvalue weighted by molar-refractivity contribution is 7.92. The van der Waals surface area contributed by atoms with Crippen molar-refractivity contribution in [1.29, 1.82) is 0 Å². The smallest absolute Gasteiger partial charge is 0.264 e. The van der Waals surface area contributed by atoms with Gasteiger partial charge in [0.15, 0.2) is 0 Å². The maximum Gasteiger partial charge on any atom is 0.264 e. The van der Waals surface area contributed by atoms with E-state index in [1.54, 1.807) is 24.3 Å². The predicted molar refractivity (Wildman–Crippen MR) is 116 cm³/mol. The number of nitrogens with one attached hydrogen (secondary N) is 1. The number of benzene rings is 2. The molecular weight excluding hydrogens is 388 g/mol. The molecule has 0 spiro atoms. The summed E-state index contributed by atoms with van der Waals surface area (Å²) >= 11 is 0. The Bertz CT molecular complexity index is 893. The Morgan fingerprint density at radius 3 is 2.24 bits per heavy atom. The van der Waals surface area contributed by atoms with Crippen molar-refractivity contribution in [2.45, 2.75) is 51.5 Å². The molecule has 0 aromatic heterocycles. The van der Waals surface area contributed by atoms with Gasteiger partial charge in [0, 0.05) is 6.04 Å². The van der Waals surface area contributed by atoms with Gasteiger partial charge in [-0.1, -0.05) is 31.0 Å². The fourth-order valence-corrected chi connectivity index (χ4v) is 4.40. The van der Waals surface area contributed by atoms with E-state index in [2.05, 4.69) is 5.32 Å². The number of carbonyl (C=O) groups excluding carboxylic acids is 1. The van der Waals surface area contributed by atoms with Crippen LogP contribution in [0.1, 0.15) is 39.2 Å². The van der Waals surface area contributed by atoms with Crippen LogP contribution in [0.15, 0.2) is 53.4 Å². The zero-order valence-electron chi connectivity index (χ0n) is 17.5. The summed E-state index contributed by atoms with van der Waals surface area (Å²) in [6.45, 7) is 7.96. The number of hydrogen-bond acceptors (Lipinski definition) is 4. The Kier molecular flexibility index (Phi) is 8.08. The van der Waals surface area contributed by atoms with Crippen molar-refractivity contribution in [3.05, 3.63) is 54.1 Å². The minimum absolute atomic E-state index is 0.0134. The average molecular weight is 419 g/mol. The number of rotatable bonds is 10. The van der Waals surface area contributed by atoms with Crippen LogP contribution < -0.4 is 14.4 Å². The van der Waals surface area contributed by atoms with Gasteiger partial charge in [-0.15, -0.1) is 0 Å². The van der Waals surface area contributed by atoms with Crippen LogP contribution >= 0.6 is 0 Å². The average Bonchev–Trinajstić information content (AvgIpc) is 2.68. The third kappa shape index (κ3) is 6.22. The van der Waals surface area contributed by atoms with E-state index in [0.717, 1.165) is 22.7 Å². The first kappa shape index (κ1) is 22.7. The molecule has 158 valence electrons. The molecule has 6 nitrogen and oxygen atoms in total. The first-order valence-electron chi connectivity index (χ1n) is 9.89. The van der Waals surface area contributed by atoms with Crippen LogP contribution in [0.25, 0.3) is 0 Å². The molecule has 2 aromatic carbocycles. The number of hydrogen-bond donors (Lipinski definition) is 1. The normalized spacial score (nSPS) is 12.3. The standard InChI is InChI=1S/C22H30N2O4S/c1-5-7-18(4)23-22(25)16-24(19-10-8-17(3)9-11-19)29(26,27)21-14-12-20(13-15-21)28-6-2/h8-15,18H,5-7,16H2,1-4H3,(H,23,25). The number of ether oxygens (including phenoxy) is 1. The summed E-state index contributed by atoms with van der Waals surface area (Å²) in [5.74, 6) is 0.264. The molecule has 2 rings (SSSR count). The number of anilines is 1. The van der Waals surface area contributed by atoms with E-state index in [9.17, 15) is 13.2 Å². The largest absolute Gasteiger partial charge is 0.494 e.